The average molecular weight is 373 g/mol. The van der Waals surface area contributed by atoms with Crippen LogP contribution in [0.1, 0.15) is 118 Å². The van der Waals surface area contributed by atoms with Crippen molar-refractivity contribution in [2.75, 3.05) is 0 Å². The van der Waals surface area contributed by atoms with Crippen LogP contribution in [0.5, 0.6) is 0 Å². The van der Waals surface area contributed by atoms with Crippen molar-refractivity contribution in [3.05, 3.63) is 0 Å². The number of rotatable bonds is 5. The molecule has 0 aromatic rings. The van der Waals surface area contributed by atoms with E-state index in [-0.39, 0.29) is 0 Å². The van der Waals surface area contributed by atoms with Gasteiger partial charge in [-0.3, -0.25) is 0 Å². The van der Waals surface area contributed by atoms with Crippen LogP contribution in [0.3, 0.4) is 0 Å². The smallest absolute Gasteiger partial charge is 0.0266 e. The minimum Gasteiger partial charge on any atom is -0.0651 e. The van der Waals surface area contributed by atoms with E-state index >= 15 is 0 Å². The molecule has 0 amide bonds. The van der Waals surface area contributed by atoms with Gasteiger partial charge in [0, 0.05) is 0 Å². The third-order valence-corrected chi connectivity index (χ3v) is 10.9. The molecule has 0 aliphatic heterocycles. The molecule has 4 aliphatic rings. The second kappa shape index (κ2) is 7.68. The van der Waals surface area contributed by atoms with Crippen molar-refractivity contribution in [3.8, 4) is 0 Å². The molecule has 156 valence electrons. The molecule has 27 heavy (non-hydrogen) atoms. The minimum absolute atomic E-state index is 0.696. The van der Waals surface area contributed by atoms with Crippen molar-refractivity contribution in [1.82, 2.24) is 0 Å². The Labute approximate surface area is 170 Å². The van der Waals surface area contributed by atoms with Crippen LogP contribution in [-0.4, -0.2) is 0 Å². The summed E-state index contributed by atoms with van der Waals surface area (Å²) in [5, 5.41) is 0. The van der Waals surface area contributed by atoms with E-state index in [1.807, 2.05) is 0 Å². The summed E-state index contributed by atoms with van der Waals surface area (Å²) in [6.07, 6.45) is 20.0. The summed E-state index contributed by atoms with van der Waals surface area (Å²) in [5.41, 5.74) is 1.40. The van der Waals surface area contributed by atoms with E-state index in [4.69, 9.17) is 0 Å². The second-order valence-corrected chi connectivity index (χ2v) is 12.3. The Morgan fingerprint density at radius 3 is 2.33 bits per heavy atom. The summed E-state index contributed by atoms with van der Waals surface area (Å²) in [6, 6.07) is 0. The average Bonchev–Trinajstić information content (AvgIpc) is 2.97. The van der Waals surface area contributed by atoms with Gasteiger partial charge >= 0.3 is 0 Å². The van der Waals surface area contributed by atoms with Crippen molar-refractivity contribution < 1.29 is 0 Å². The van der Waals surface area contributed by atoms with Crippen molar-refractivity contribution in [3.63, 3.8) is 0 Å². The predicted molar refractivity (Wildman–Crippen MR) is 118 cm³/mol. The molecule has 0 radical (unpaired) electrons. The highest BCUT2D eigenvalue weighted by atomic mass is 14.6. The predicted octanol–water partition coefficient (Wildman–Crippen LogP) is 8.50. The lowest BCUT2D eigenvalue weighted by Crippen LogP contribution is -2.53. The molecule has 0 bridgehead atoms. The molecule has 0 saturated heterocycles. The molecule has 0 heteroatoms. The monoisotopic (exact) mass is 372 g/mol. The van der Waals surface area contributed by atoms with Gasteiger partial charge in [-0.2, -0.15) is 0 Å². The Morgan fingerprint density at radius 2 is 1.59 bits per heavy atom. The van der Waals surface area contributed by atoms with Gasteiger partial charge in [-0.05, 0) is 116 Å². The van der Waals surface area contributed by atoms with Gasteiger partial charge in [0.2, 0.25) is 0 Å². The van der Waals surface area contributed by atoms with Crippen LogP contribution in [0.15, 0.2) is 0 Å². The zero-order valence-electron chi connectivity index (χ0n) is 19.2. The molecule has 8 atom stereocenters. The molecule has 4 saturated carbocycles. The molecule has 3 unspecified atom stereocenters. The molecular weight excluding hydrogens is 324 g/mol. The van der Waals surface area contributed by atoms with Crippen molar-refractivity contribution >= 4 is 0 Å². The quantitative estimate of drug-likeness (QED) is 0.453. The van der Waals surface area contributed by atoms with Crippen molar-refractivity contribution in [1.29, 1.82) is 0 Å². The fourth-order valence-corrected chi connectivity index (χ4v) is 9.07. The number of hydrogen-bond donors (Lipinski definition) is 0. The molecule has 4 aliphatic carbocycles. The fourth-order valence-electron chi connectivity index (χ4n) is 9.07. The molecule has 0 nitrogen and oxygen atoms in total. The largest absolute Gasteiger partial charge is 0.0651 e. The van der Waals surface area contributed by atoms with Crippen molar-refractivity contribution in [2.24, 2.45) is 52.3 Å². The van der Waals surface area contributed by atoms with E-state index in [1.165, 1.54) is 32.1 Å². The van der Waals surface area contributed by atoms with E-state index in [0.717, 1.165) is 41.4 Å². The molecule has 0 aromatic heterocycles. The summed E-state index contributed by atoms with van der Waals surface area (Å²) in [7, 11) is 0. The van der Waals surface area contributed by atoms with Gasteiger partial charge in [0.25, 0.3) is 0 Å². The van der Waals surface area contributed by atoms with E-state index in [2.05, 4.69) is 34.6 Å². The Hall–Kier alpha value is 0. The molecular formula is C27H48. The lowest BCUT2D eigenvalue weighted by Gasteiger charge is -2.61. The summed E-state index contributed by atoms with van der Waals surface area (Å²) < 4.78 is 0. The number of fused-ring (bicyclic) bond motifs is 5. The first-order valence-corrected chi connectivity index (χ1v) is 12.9. The van der Waals surface area contributed by atoms with Gasteiger partial charge in [-0.1, -0.05) is 53.9 Å². The van der Waals surface area contributed by atoms with Gasteiger partial charge in [-0.25, -0.2) is 0 Å². The van der Waals surface area contributed by atoms with Crippen LogP contribution in [0.4, 0.5) is 0 Å². The first-order chi connectivity index (χ1) is 12.9. The molecule has 4 fully saturated rings. The van der Waals surface area contributed by atoms with Gasteiger partial charge in [0.05, 0.1) is 0 Å². The summed E-state index contributed by atoms with van der Waals surface area (Å²) in [5.74, 6) is 7.26. The van der Waals surface area contributed by atoms with Crippen LogP contribution in [0, 0.1) is 52.3 Å². The Bertz CT molecular complexity index is 506. The lowest BCUT2D eigenvalue weighted by molar-refractivity contribution is -0.118. The third-order valence-electron chi connectivity index (χ3n) is 10.9. The van der Waals surface area contributed by atoms with E-state index in [1.54, 1.807) is 51.4 Å². The van der Waals surface area contributed by atoms with Gasteiger partial charge in [0.15, 0.2) is 0 Å². The minimum atomic E-state index is 0.696. The maximum Gasteiger partial charge on any atom is -0.0266 e. The maximum absolute atomic E-state index is 2.75. The summed E-state index contributed by atoms with van der Waals surface area (Å²) in [4.78, 5) is 0. The molecule has 0 aromatic carbocycles. The van der Waals surface area contributed by atoms with E-state index in [9.17, 15) is 0 Å². The highest BCUT2D eigenvalue weighted by molar-refractivity contribution is 5.09. The normalized spacial score (nSPS) is 49.6. The maximum atomic E-state index is 2.75. The zero-order chi connectivity index (χ0) is 19.2. The molecule has 0 spiro atoms. The summed E-state index contributed by atoms with van der Waals surface area (Å²) in [6.45, 7) is 12.7. The number of hydrogen-bond acceptors (Lipinski definition) is 0. The second-order valence-electron chi connectivity index (χ2n) is 12.3. The fraction of sp³-hybridized carbons (Fsp3) is 1.00. The van der Waals surface area contributed by atoms with Gasteiger partial charge in [-0.15, -0.1) is 0 Å². The Kier molecular flexibility index (Phi) is 5.77. The zero-order valence-corrected chi connectivity index (χ0v) is 19.2. The SMILES string of the molecule is CC[C@H]1CC[C@]2(C)C3CC[C@]4(C)C(CCCC(C)C)CCC4[C@@H]3CC[C@@H]2C1. The lowest BCUT2D eigenvalue weighted by atomic mass is 9.44. The summed E-state index contributed by atoms with van der Waals surface area (Å²) >= 11 is 0. The Balaban J connectivity index is 1.46. The van der Waals surface area contributed by atoms with Gasteiger partial charge in [0.1, 0.15) is 0 Å². The topological polar surface area (TPSA) is 0 Å². The van der Waals surface area contributed by atoms with Crippen LogP contribution in [0.25, 0.3) is 0 Å². The standard InChI is InChI=1S/C27H48/c1-6-20-14-16-27(5)22(18-20)10-12-23-24-13-11-21(9-7-8-19(2)3)26(24,4)17-15-25(23)27/h19-25H,6-18H2,1-5H3/t20-,21?,22+,23-,24?,25?,26+,27-/m0/s1. The highest BCUT2D eigenvalue weighted by Gasteiger charge is 2.59. The molecule has 0 heterocycles. The molecule has 4 rings (SSSR count). The highest BCUT2D eigenvalue weighted by Crippen LogP contribution is 2.68. The van der Waals surface area contributed by atoms with Crippen LogP contribution in [0.2, 0.25) is 0 Å². The van der Waals surface area contributed by atoms with Crippen LogP contribution < -0.4 is 0 Å². The Morgan fingerprint density at radius 1 is 0.852 bits per heavy atom. The molecule has 0 N–H and O–H groups in total. The van der Waals surface area contributed by atoms with Gasteiger partial charge < -0.3 is 0 Å². The van der Waals surface area contributed by atoms with Crippen molar-refractivity contribution in [2.45, 2.75) is 118 Å². The van der Waals surface area contributed by atoms with E-state index in [0.29, 0.717) is 10.8 Å². The first kappa shape index (κ1) is 20.3. The van der Waals surface area contributed by atoms with Crippen LogP contribution in [-0.2, 0) is 0 Å². The third kappa shape index (κ3) is 3.44. The van der Waals surface area contributed by atoms with E-state index < -0.39 is 0 Å². The first-order valence-electron chi connectivity index (χ1n) is 12.9. The van der Waals surface area contributed by atoms with Crippen LogP contribution >= 0.6 is 0 Å².